The molecule has 1 aliphatic rings. The fourth-order valence-electron chi connectivity index (χ4n) is 2.23. The van der Waals surface area contributed by atoms with Crippen LogP contribution in [-0.4, -0.2) is 15.0 Å². The molecule has 2 rings (SSSR count). The molecule has 4 heteroatoms. The molecule has 0 aliphatic heterocycles. The largest absolute Gasteiger partial charge is 0.296 e. The zero-order chi connectivity index (χ0) is 13.3. The molecule has 0 N–H and O–H groups in total. The Morgan fingerprint density at radius 2 is 1.89 bits per heavy atom. The first kappa shape index (κ1) is 13.6. The van der Waals surface area contributed by atoms with Gasteiger partial charge >= 0.3 is 0 Å². The first-order valence-electron chi connectivity index (χ1n) is 6.36. The minimum Gasteiger partial charge on any atom is -0.266 e. The average Bonchev–Trinajstić information content (AvgIpc) is 3.06. The Balaban J connectivity index is 1.94. The summed E-state index contributed by atoms with van der Waals surface area (Å²) in [5, 5.41) is 0. The van der Waals surface area contributed by atoms with Gasteiger partial charge in [-0.2, -0.15) is 8.42 Å². The first-order chi connectivity index (χ1) is 8.40. The van der Waals surface area contributed by atoms with E-state index in [9.17, 15) is 8.42 Å². The van der Waals surface area contributed by atoms with Gasteiger partial charge in [0.15, 0.2) is 0 Å². The lowest BCUT2D eigenvalue weighted by atomic mass is 10.1. The summed E-state index contributed by atoms with van der Waals surface area (Å²) in [6.45, 7) is 6.58. The van der Waals surface area contributed by atoms with Gasteiger partial charge in [0, 0.05) is 0 Å². The maximum absolute atomic E-state index is 11.9. The second-order valence-electron chi connectivity index (χ2n) is 5.46. The minimum absolute atomic E-state index is 0.245. The van der Waals surface area contributed by atoms with Crippen LogP contribution in [0.4, 0.5) is 0 Å². The molecule has 2 unspecified atom stereocenters. The van der Waals surface area contributed by atoms with Crippen LogP contribution in [0.25, 0.3) is 0 Å². The molecule has 0 bridgehead atoms. The molecule has 1 aromatic rings. The van der Waals surface area contributed by atoms with Gasteiger partial charge in [0.05, 0.1) is 11.5 Å². The lowest BCUT2D eigenvalue weighted by Crippen LogP contribution is -2.10. The standard InChI is InChI=1S/C14H20O3S/c1-10(2)14-8-12(14)9-17-18(15,16)13-6-4-11(3)5-7-13/h4-7,10,12,14H,8-9H2,1-3H3. The SMILES string of the molecule is Cc1ccc(S(=O)(=O)OCC2CC2C(C)C)cc1. The lowest BCUT2D eigenvalue weighted by molar-refractivity contribution is 0.287. The normalized spacial score (nSPS) is 23.3. The van der Waals surface area contributed by atoms with Crippen molar-refractivity contribution in [2.45, 2.75) is 32.1 Å². The predicted molar refractivity (Wildman–Crippen MR) is 70.8 cm³/mol. The number of rotatable bonds is 5. The Labute approximate surface area is 109 Å². The Bertz CT molecular complexity index is 502. The van der Waals surface area contributed by atoms with Gasteiger partial charge < -0.3 is 0 Å². The van der Waals surface area contributed by atoms with E-state index in [0.29, 0.717) is 24.4 Å². The minimum atomic E-state index is -3.58. The molecule has 0 radical (unpaired) electrons. The number of hydrogen-bond donors (Lipinski definition) is 0. The summed E-state index contributed by atoms with van der Waals surface area (Å²) in [5.41, 5.74) is 1.04. The molecule has 100 valence electrons. The monoisotopic (exact) mass is 268 g/mol. The Kier molecular flexibility index (Phi) is 3.78. The number of hydrogen-bond acceptors (Lipinski definition) is 3. The van der Waals surface area contributed by atoms with Gasteiger partial charge in [0.1, 0.15) is 0 Å². The average molecular weight is 268 g/mol. The Hall–Kier alpha value is -0.870. The molecule has 0 heterocycles. The highest BCUT2D eigenvalue weighted by molar-refractivity contribution is 7.86. The molecule has 1 saturated carbocycles. The van der Waals surface area contributed by atoms with Crippen molar-refractivity contribution in [2.24, 2.45) is 17.8 Å². The van der Waals surface area contributed by atoms with Crippen molar-refractivity contribution < 1.29 is 12.6 Å². The molecule has 0 amide bonds. The third-order valence-electron chi connectivity index (χ3n) is 3.58. The van der Waals surface area contributed by atoms with Crippen LogP contribution in [0.3, 0.4) is 0 Å². The lowest BCUT2D eigenvalue weighted by Gasteiger charge is -2.06. The van der Waals surface area contributed by atoms with Crippen LogP contribution in [0.1, 0.15) is 25.8 Å². The summed E-state index contributed by atoms with van der Waals surface area (Å²) >= 11 is 0. The molecule has 18 heavy (non-hydrogen) atoms. The molecule has 1 fully saturated rings. The summed E-state index contributed by atoms with van der Waals surface area (Å²) in [6, 6.07) is 6.75. The van der Waals surface area contributed by atoms with E-state index in [1.807, 2.05) is 6.92 Å². The maximum atomic E-state index is 11.9. The van der Waals surface area contributed by atoms with Crippen molar-refractivity contribution in [3.63, 3.8) is 0 Å². The van der Waals surface area contributed by atoms with Crippen LogP contribution in [0.5, 0.6) is 0 Å². The van der Waals surface area contributed by atoms with Crippen LogP contribution in [0.15, 0.2) is 29.2 Å². The molecular weight excluding hydrogens is 248 g/mol. The van der Waals surface area contributed by atoms with E-state index in [2.05, 4.69) is 13.8 Å². The summed E-state index contributed by atoms with van der Waals surface area (Å²) in [4.78, 5) is 0.245. The molecule has 1 aromatic carbocycles. The summed E-state index contributed by atoms with van der Waals surface area (Å²) in [6.07, 6.45) is 1.08. The molecule has 0 spiro atoms. The van der Waals surface area contributed by atoms with Crippen LogP contribution in [0, 0.1) is 24.7 Å². The fourth-order valence-corrected chi connectivity index (χ4v) is 3.19. The topological polar surface area (TPSA) is 43.4 Å². The summed E-state index contributed by atoms with van der Waals surface area (Å²) in [7, 11) is -3.58. The van der Waals surface area contributed by atoms with Gasteiger partial charge in [-0.1, -0.05) is 31.5 Å². The number of aryl methyl sites for hydroxylation is 1. The van der Waals surface area contributed by atoms with Crippen molar-refractivity contribution in [2.75, 3.05) is 6.61 Å². The van der Waals surface area contributed by atoms with Gasteiger partial charge in [0.2, 0.25) is 0 Å². The van der Waals surface area contributed by atoms with E-state index in [1.165, 1.54) is 0 Å². The van der Waals surface area contributed by atoms with Crippen LogP contribution >= 0.6 is 0 Å². The Morgan fingerprint density at radius 3 is 2.39 bits per heavy atom. The smallest absolute Gasteiger partial charge is 0.266 e. The van der Waals surface area contributed by atoms with Gasteiger partial charge in [-0.15, -0.1) is 0 Å². The summed E-state index contributed by atoms with van der Waals surface area (Å²) in [5.74, 6) is 1.64. The van der Waals surface area contributed by atoms with E-state index >= 15 is 0 Å². The maximum Gasteiger partial charge on any atom is 0.296 e. The van der Waals surface area contributed by atoms with E-state index in [0.717, 1.165) is 12.0 Å². The van der Waals surface area contributed by atoms with E-state index in [4.69, 9.17) is 4.18 Å². The van der Waals surface area contributed by atoms with Crippen LogP contribution in [0.2, 0.25) is 0 Å². The van der Waals surface area contributed by atoms with Crippen LogP contribution in [-0.2, 0) is 14.3 Å². The van der Waals surface area contributed by atoms with Crippen molar-refractivity contribution in [1.29, 1.82) is 0 Å². The molecule has 0 aromatic heterocycles. The third-order valence-corrected chi connectivity index (χ3v) is 4.88. The van der Waals surface area contributed by atoms with E-state index < -0.39 is 10.1 Å². The molecule has 1 aliphatic carbocycles. The van der Waals surface area contributed by atoms with Gasteiger partial charge in [-0.3, -0.25) is 4.18 Å². The fraction of sp³-hybridized carbons (Fsp3) is 0.571. The molecule has 0 saturated heterocycles. The van der Waals surface area contributed by atoms with E-state index in [1.54, 1.807) is 24.3 Å². The second-order valence-corrected chi connectivity index (χ2v) is 7.07. The first-order valence-corrected chi connectivity index (χ1v) is 7.77. The zero-order valence-electron chi connectivity index (χ0n) is 11.1. The molecule has 3 nitrogen and oxygen atoms in total. The predicted octanol–water partition coefficient (Wildman–Crippen LogP) is 2.99. The molecule has 2 atom stereocenters. The summed E-state index contributed by atoms with van der Waals surface area (Å²) < 4.78 is 29.0. The van der Waals surface area contributed by atoms with E-state index in [-0.39, 0.29) is 4.90 Å². The quantitative estimate of drug-likeness (QED) is 0.771. The highest BCUT2D eigenvalue weighted by atomic mass is 32.2. The van der Waals surface area contributed by atoms with Crippen molar-refractivity contribution in [1.82, 2.24) is 0 Å². The van der Waals surface area contributed by atoms with Gasteiger partial charge in [-0.25, -0.2) is 0 Å². The van der Waals surface area contributed by atoms with Crippen molar-refractivity contribution in [3.05, 3.63) is 29.8 Å². The van der Waals surface area contributed by atoms with Gasteiger partial charge in [-0.05, 0) is 43.2 Å². The van der Waals surface area contributed by atoms with Crippen LogP contribution < -0.4 is 0 Å². The van der Waals surface area contributed by atoms with Gasteiger partial charge in [0.25, 0.3) is 10.1 Å². The number of benzene rings is 1. The zero-order valence-corrected chi connectivity index (χ0v) is 11.9. The highest BCUT2D eigenvalue weighted by Crippen LogP contribution is 2.44. The third kappa shape index (κ3) is 3.12. The highest BCUT2D eigenvalue weighted by Gasteiger charge is 2.40. The van der Waals surface area contributed by atoms with Crippen molar-refractivity contribution in [3.8, 4) is 0 Å². The second kappa shape index (κ2) is 5.02. The Morgan fingerprint density at radius 1 is 1.28 bits per heavy atom. The van der Waals surface area contributed by atoms with Crippen molar-refractivity contribution >= 4 is 10.1 Å². The molecular formula is C14H20O3S.